The molecule has 1 N–H and O–H groups in total. The number of hydrogen-bond donors (Lipinski definition) is 1. The van der Waals surface area contributed by atoms with E-state index in [9.17, 15) is 14.0 Å². The van der Waals surface area contributed by atoms with Crippen LogP contribution in [0.1, 0.15) is 12.5 Å². The maximum Gasteiger partial charge on any atom is 0.270 e. The number of nitrogens with zero attached hydrogens (tertiary/aromatic N) is 1. The molecule has 0 spiro atoms. The van der Waals surface area contributed by atoms with Crippen LogP contribution < -0.4 is 24.4 Å². The van der Waals surface area contributed by atoms with E-state index in [0.717, 1.165) is 4.90 Å². The van der Waals surface area contributed by atoms with Gasteiger partial charge >= 0.3 is 0 Å². The monoisotopic (exact) mass is 414 g/mol. The molecule has 29 heavy (non-hydrogen) atoms. The number of benzene rings is 2. The number of carbonyl (C=O) groups excluding carboxylic acids is 2. The number of ether oxygens (including phenoxy) is 3. The van der Waals surface area contributed by atoms with Crippen LogP contribution in [0.25, 0.3) is 6.08 Å². The lowest BCUT2D eigenvalue weighted by Gasteiger charge is -2.29. The van der Waals surface area contributed by atoms with Crippen molar-refractivity contribution in [3.8, 4) is 17.2 Å². The predicted octanol–water partition coefficient (Wildman–Crippen LogP) is 2.78. The number of rotatable bonds is 4. The number of amides is 2. The van der Waals surface area contributed by atoms with Gasteiger partial charge in [-0.1, -0.05) is 0 Å². The third kappa shape index (κ3) is 3.52. The van der Waals surface area contributed by atoms with Crippen LogP contribution >= 0.6 is 12.2 Å². The van der Waals surface area contributed by atoms with Gasteiger partial charge in [-0.2, -0.15) is 0 Å². The zero-order chi connectivity index (χ0) is 20.5. The van der Waals surface area contributed by atoms with Crippen molar-refractivity contribution in [3.63, 3.8) is 0 Å². The minimum atomic E-state index is -0.640. The van der Waals surface area contributed by atoms with Gasteiger partial charge in [0, 0.05) is 11.6 Å². The first-order valence-corrected chi connectivity index (χ1v) is 9.12. The second kappa shape index (κ2) is 7.51. The van der Waals surface area contributed by atoms with Crippen molar-refractivity contribution in [1.82, 2.24) is 5.32 Å². The zero-order valence-electron chi connectivity index (χ0n) is 15.2. The van der Waals surface area contributed by atoms with Crippen molar-refractivity contribution in [1.29, 1.82) is 0 Å². The Hall–Kier alpha value is -3.46. The lowest BCUT2D eigenvalue weighted by atomic mass is 10.1. The molecule has 2 aromatic rings. The quantitative estimate of drug-likeness (QED) is 0.471. The van der Waals surface area contributed by atoms with Crippen molar-refractivity contribution in [2.24, 2.45) is 0 Å². The van der Waals surface area contributed by atoms with Gasteiger partial charge in [0.2, 0.25) is 6.79 Å². The van der Waals surface area contributed by atoms with Gasteiger partial charge in [-0.25, -0.2) is 4.39 Å². The summed E-state index contributed by atoms with van der Waals surface area (Å²) in [6.07, 6.45) is 1.41. The van der Waals surface area contributed by atoms with Crippen molar-refractivity contribution < 1.29 is 28.2 Å². The summed E-state index contributed by atoms with van der Waals surface area (Å²) in [6, 6.07) is 8.50. The first kappa shape index (κ1) is 18.9. The highest BCUT2D eigenvalue weighted by Gasteiger charge is 2.35. The Labute approximate surface area is 170 Å². The lowest BCUT2D eigenvalue weighted by Crippen LogP contribution is -2.54. The third-order valence-corrected chi connectivity index (χ3v) is 4.58. The Morgan fingerprint density at radius 3 is 2.59 bits per heavy atom. The summed E-state index contributed by atoms with van der Waals surface area (Å²) in [4.78, 5) is 26.7. The smallest absolute Gasteiger partial charge is 0.270 e. The van der Waals surface area contributed by atoms with Gasteiger partial charge in [0.05, 0.1) is 12.3 Å². The second-order valence-corrected chi connectivity index (χ2v) is 6.50. The third-order valence-electron chi connectivity index (χ3n) is 4.29. The summed E-state index contributed by atoms with van der Waals surface area (Å²) in [5.41, 5.74) is 0.659. The largest absolute Gasteiger partial charge is 0.493 e. The molecule has 2 aliphatic rings. The molecule has 2 heterocycles. The van der Waals surface area contributed by atoms with E-state index in [2.05, 4.69) is 5.32 Å². The Bertz CT molecular complexity index is 1050. The average Bonchev–Trinajstić information content (AvgIpc) is 3.14. The van der Waals surface area contributed by atoms with E-state index in [0.29, 0.717) is 35.1 Å². The molecule has 4 rings (SSSR count). The van der Waals surface area contributed by atoms with Gasteiger partial charge in [0.15, 0.2) is 16.6 Å². The van der Waals surface area contributed by atoms with Gasteiger partial charge in [0.1, 0.15) is 17.1 Å². The van der Waals surface area contributed by atoms with E-state index in [4.69, 9.17) is 26.4 Å². The van der Waals surface area contributed by atoms with Crippen LogP contribution in [0.5, 0.6) is 17.2 Å². The van der Waals surface area contributed by atoms with Crippen molar-refractivity contribution >= 4 is 40.9 Å². The minimum absolute atomic E-state index is 0.0763. The molecule has 2 aromatic carbocycles. The normalized spacial score (nSPS) is 17.0. The summed E-state index contributed by atoms with van der Waals surface area (Å²) in [5, 5.41) is 2.40. The van der Waals surface area contributed by atoms with E-state index < -0.39 is 17.6 Å². The van der Waals surface area contributed by atoms with E-state index in [1.165, 1.54) is 30.3 Å². The molecule has 2 aliphatic heterocycles. The van der Waals surface area contributed by atoms with Gasteiger partial charge in [-0.3, -0.25) is 19.8 Å². The number of nitrogens with one attached hydrogen (secondary N) is 1. The molecule has 0 radical (unpaired) electrons. The molecule has 2 amide bonds. The van der Waals surface area contributed by atoms with Crippen LogP contribution in [0.2, 0.25) is 0 Å². The summed E-state index contributed by atoms with van der Waals surface area (Å²) < 4.78 is 29.6. The molecule has 9 heteroatoms. The highest BCUT2D eigenvalue weighted by Crippen LogP contribution is 2.39. The van der Waals surface area contributed by atoms with E-state index >= 15 is 0 Å². The van der Waals surface area contributed by atoms with Crippen molar-refractivity contribution in [2.45, 2.75) is 6.92 Å². The fourth-order valence-electron chi connectivity index (χ4n) is 2.97. The van der Waals surface area contributed by atoms with Gasteiger partial charge in [0.25, 0.3) is 11.8 Å². The Morgan fingerprint density at radius 1 is 1.21 bits per heavy atom. The fourth-order valence-corrected chi connectivity index (χ4v) is 3.25. The van der Waals surface area contributed by atoms with Crippen molar-refractivity contribution in [2.75, 3.05) is 18.3 Å². The molecule has 148 valence electrons. The zero-order valence-corrected chi connectivity index (χ0v) is 16.0. The van der Waals surface area contributed by atoms with Gasteiger partial charge < -0.3 is 14.2 Å². The number of carbonyl (C=O) groups is 2. The van der Waals surface area contributed by atoms with Gasteiger partial charge in [-0.05, 0) is 55.5 Å². The topological polar surface area (TPSA) is 77.1 Å². The van der Waals surface area contributed by atoms with Crippen LogP contribution in [0, 0.1) is 5.82 Å². The number of fused-ring (bicyclic) bond motifs is 1. The van der Waals surface area contributed by atoms with Crippen LogP contribution in [0.3, 0.4) is 0 Å². The number of anilines is 1. The molecular weight excluding hydrogens is 399 g/mol. The fraction of sp³-hybridized carbons (Fsp3) is 0.150. The van der Waals surface area contributed by atoms with Crippen molar-refractivity contribution in [3.05, 3.63) is 53.4 Å². The second-order valence-electron chi connectivity index (χ2n) is 6.11. The minimum Gasteiger partial charge on any atom is -0.493 e. The van der Waals surface area contributed by atoms with Crippen LogP contribution in [0.4, 0.5) is 10.1 Å². The van der Waals surface area contributed by atoms with E-state index in [1.54, 1.807) is 12.1 Å². The van der Waals surface area contributed by atoms with Gasteiger partial charge in [-0.15, -0.1) is 0 Å². The van der Waals surface area contributed by atoms with E-state index in [1.807, 2.05) is 6.92 Å². The Balaban J connectivity index is 1.76. The lowest BCUT2D eigenvalue weighted by molar-refractivity contribution is -0.122. The highest BCUT2D eigenvalue weighted by atomic mass is 32.1. The molecule has 0 atom stereocenters. The summed E-state index contributed by atoms with van der Waals surface area (Å²) in [6.45, 7) is 2.27. The van der Waals surface area contributed by atoms with Crippen LogP contribution in [-0.2, 0) is 9.59 Å². The van der Waals surface area contributed by atoms with E-state index in [-0.39, 0.29) is 17.5 Å². The maximum absolute atomic E-state index is 13.2. The maximum atomic E-state index is 13.2. The Kier molecular flexibility index (Phi) is 4.89. The molecule has 0 aliphatic carbocycles. The molecular formula is C20H15FN2O5S. The SMILES string of the molecule is CCOc1cc2c(cc1/C=C1/C(=O)NC(=S)N(c3ccc(F)cc3)C1=O)OCO2. The molecule has 0 unspecified atom stereocenters. The van der Waals surface area contributed by atoms with Crippen LogP contribution in [-0.4, -0.2) is 30.3 Å². The summed E-state index contributed by atoms with van der Waals surface area (Å²) in [5.74, 6) is -0.292. The number of thiocarbonyl (C=S) groups is 1. The average molecular weight is 414 g/mol. The molecule has 7 nitrogen and oxygen atoms in total. The predicted molar refractivity (Wildman–Crippen MR) is 106 cm³/mol. The standard InChI is InChI=1S/C20H15FN2O5S/c1-2-26-15-9-17-16(27-10-28-17)8-11(15)7-14-18(24)22-20(29)23(19(14)25)13-5-3-12(21)4-6-13/h3-9H,2,10H2,1H3,(H,22,24,29)/b14-7-. The highest BCUT2D eigenvalue weighted by molar-refractivity contribution is 7.80. The molecule has 1 saturated heterocycles. The van der Waals surface area contributed by atoms with Crippen LogP contribution in [0.15, 0.2) is 42.0 Å². The summed E-state index contributed by atoms with van der Waals surface area (Å²) >= 11 is 5.14. The first-order valence-electron chi connectivity index (χ1n) is 8.71. The molecule has 1 fully saturated rings. The molecule has 0 bridgehead atoms. The first-order chi connectivity index (χ1) is 14.0. The summed E-state index contributed by atoms with van der Waals surface area (Å²) in [7, 11) is 0. The number of hydrogen-bond acceptors (Lipinski definition) is 6. The molecule has 0 saturated carbocycles. The Morgan fingerprint density at radius 2 is 1.90 bits per heavy atom. The molecule has 0 aromatic heterocycles. The number of halogens is 1.